The number of hydrogen-bond acceptors (Lipinski definition) is 2. The SMILES string of the molecule is O=C(Nc1ccc(F)c(-n2cccc2)c1)N1CCC[C@H](O)C1. The van der Waals surface area contributed by atoms with Gasteiger partial charge in [0.2, 0.25) is 0 Å². The lowest BCUT2D eigenvalue weighted by molar-refractivity contribution is 0.0883. The maximum absolute atomic E-state index is 13.9. The summed E-state index contributed by atoms with van der Waals surface area (Å²) in [5.41, 5.74) is 0.900. The Morgan fingerprint density at radius 2 is 2.09 bits per heavy atom. The Bertz CT molecular complexity index is 657. The van der Waals surface area contributed by atoms with Crippen molar-refractivity contribution in [2.75, 3.05) is 18.4 Å². The molecule has 1 aromatic heterocycles. The first-order valence-electron chi connectivity index (χ1n) is 7.30. The lowest BCUT2D eigenvalue weighted by Gasteiger charge is -2.30. The Morgan fingerprint density at radius 3 is 2.82 bits per heavy atom. The van der Waals surface area contributed by atoms with Crippen LogP contribution in [-0.4, -0.2) is 39.8 Å². The van der Waals surface area contributed by atoms with Gasteiger partial charge in [-0.2, -0.15) is 0 Å². The van der Waals surface area contributed by atoms with Crippen molar-refractivity contribution in [1.29, 1.82) is 0 Å². The summed E-state index contributed by atoms with van der Waals surface area (Å²) in [6.07, 6.45) is 4.52. The molecule has 0 spiro atoms. The summed E-state index contributed by atoms with van der Waals surface area (Å²) in [6, 6.07) is 7.79. The van der Waals surface area contributed by atoms with E-state index in [0.717, 1.165) is 12.8 Å². The Morgan fingerprint density at radius 1 is 1.32 bits per heavy atom. The van der Waals surface area contributed by atoms with Crippen molar-refractivity contribution in [3.8, 4) is 5.69 Å². The van der Waals surface area contributed by atoms with Gasteiger partial charge in [-0.15, -0.1) is 0 Å². The predicted octanol–water partition coefficient (Wildman–Crippen LogP) is 2.61. The topological polar surface area (TPSA) is 57.5 Å². The van der Waals surface area contributed by atoms with E-state index in [1.807, 2.05) is 0 Å². The molecule has 1 fully saturated rings. The molecule has 116 valence electrons. The van der Waals surface area contributed by atoms with Crippen LogP contribution in [0.15, 0.2) is 42.7 Å². The summed E-state index contributed by atoms with van der Waals surface area (Å²) in [6.45, 7) is 0.950. The number of urea groups is 1. The molecule has 5 nitrogen and oxygen atoms in total. The van der Waals surface area contributed by atoms with Crippen molar-refractivity contribution in [1.82, 2.24) is 9.47 Å². The minimum atomic E-state index is -0.469. The van der Waals surface area contributed by atoms with Gasteiger partial charge < -0.3 is 19.9 Å². The number of benzene rings is 1. The van der Waals surface area contributed by atoms with E-state index in [0.29, 0.717) is 24.5 Å². The number of piperidine rings is 1. The smallest absolute Gasteiger partial charge is 0.321 e. The van der Waals surface area contributed by atoms with Gasteiger partial charge in [0.1, 0.15) is 5.82 Å². The third-order valence-corrected chi connectivity index (χ3v) is 3.76. The number of aliphatic hydroxyl groups excluding tert-OH is 1. The molecule has 1 aliphatic rings. The molecule has 0 unspecified atom stereocenters. The number of aromatic nitrogens is 1. The number of nitrogens with zero attached hydrogens (tertiary/aromatic N) is 2. The number of likely N-dealkylation sites (tertiary alicyclic amines) is 1. The molecule has 0 saturated carbocycles. The molecule has 22 heavy (non-hydrogen) atoms. The first-order valence-corrected chi connectivity index (χ1v) is 7.30. The zero-order chi connectivity index (χ0) is 15.5. The highest BCUT2D eigenvalue weighted by molar-refractivity contribution is 5.89. The average Bonchev–Trinajstić information content (AvgIpc) is 3.03. The summed E-state index contributed by atoms with van der Waals surface area (Å²) < 4.78 is 15.5. The molecular formula is C16H18FN3O2. The van der Waals surface area contributed by atoms with Gasteiger partial charge in [0.05, 0.1) is 11.8 Å². The van der Waals surface area contributed by atoms with Crippen LogP contribution in [0.1, 0.15) is 12.8 Å². The van der Waals surface area contributed by atoms with Crippen molar-refractivity contribution < 1.29 is 14.3 Å². The first-order chi connectivity index (χ1) is 10.6. The number of rotatable bonds is 2. The highest BCUT2D eigenvalue weighted by Gasteiger charge is 2.22. The lowest BCUT2D eigenvalue weighted by Crippen LogP contribution is -2.44. The van der Waals surface area contributed by atoms with Crippen LogP contribution in [0.25, 0.3) is 5.69 Å². The molecule has 0 aliphatic carbocycles. The molecule has 2 aromatic rings. The maximum atomic E-state index is 13.9. The van der Waals surface area contributed by atoms with Gasteiger partial charge in [0.25, 0.3) is 0 Å². The fourth-order valence-electron chi connectivity index (χ4n) is 2.63. The van der Waals surface area contributed by atoms with Gasteiger partial charge in [-0.05, 0) is 43.2 Å². The van der Waals surface area contributed by atoms with E-state index in [1.54, 1.807) is 40.1 Å². The van der Waals surface area contributed by atoms with E-state index in [9.17, 15) is 14.3 Å². The number of anilines is 1. The minimum Gasteiger partial charge on any atom is -0.391 e. The monoisotopic (exact) mass is 303 g/mol. The zero-order valence-electron chi connectivity index (χ0n) is 12.1. The normalized spacial score (nSPS) is 18.3. The molecule has 3 rings (SSSR count). The second kappa shape index (κ2) is 6.19. The summed E-state index contributed by atoms with van der Waals surface area (Å²) in [7, 11) is 0. The Kier molecular flexibility index (Phi) is 4.11. The fourth-order valence-corrected chi connectivity index (χ4v) is 2.63. The number of β-amino-alcohol motifs (C(OH)–C–C–N with tert-alkyl or cyclic N) is 1. The molecule has 2 amide bonds. The van der Waals surface area contributed by atoms with Crippen molar-refractivity contribution in [3.05, 3.63) is 48.5 Å². The summed E-state index contributed by atoms with van der Waals surface area (Å²) in [5.74, 6) is -0.359. The highest BCUT2D eigenvalue weighted by atomic mass is 19.1. The van der Waals surface area contributed by atoms with Gasteiger partial charge in [-0.1, -0.05) is 0 Å². The predicted molar refractivity (Wildman–Crippen MR) is 81.6 cm³/mol. The van der Waals surface area contributed by atoms with Crippen molar-refractivity contribution in [2.45, 2.75) is 18.9 Å². The van der Waals surface area contributed by atoms with Crippen LogP contribution < -0.4 is 5.32 Å². The first kappa shape index (κ1) is 14.6. The van der Waals surface area contributed by atoms with Crippen molar-refractivity contribution in [3.63, 3.8) is 0 Å². The standard InChI is InChI=1S/C16H18FN3O2/c17-14-6-5-12(10-15(14)19-7-1-2-8-19)18-16(22)20-9-3-4-13(21)11-20/h1-2,5-8,10,13,21H,3-4,9,11H2,(H,18,22)/t13-/m0/s1. The highest BCUT2D eigenvalue weighted by Crippen LogP contribution is 2.20. The Labute approximate surface area is 128 Å². The van der Waals surface area contributed by atoms with Crippen LogP contribution in [-0.2, 0) is 0 Å². The third kappa shape index (κ3) is 3.12. The summed E-state index contributed by atoms with van der Waals surface area (Å²) in [5, 5.41) is 12.4. The number of carbonyl (C=O) groups excluding carboxylic acids is 1. The number of hydrogen-bond donors (Lipinski definition) is 2. The second-order valence-corrected chi connectivity index (χ2v) is 5.43. The molecule has 0 radical (unpaired) electrons. The average molecular weight is 303 g/mol. The molecule has 2 heterocycles. The van der Waals surface area contributed by atoms with Gasteiger partial charge in [-0.3, -0.25) is 0 Å². The molecule has 6 heteroatoms. The van der Waals surface area contributed by atoms with Crippen LogP contribution in [0, 0.1) is 5.82 Å². The third-order valence-electron chi connectivity index (χ3n) is 3.76. The molecule has 1 aromatic carbocycles. The Hall–Kier alpha value is -2.34. The van der Waals surface area contributed by atoms with E-state index in [4.69, 9.17) is 0 Å². The quantitative estimate of drug-likeness (QED) is 0.896. The zero-order valence-corrected chi connectivity index (χ0v) is 12.1. The second-order valence-electron chi connectivity index (χ2n) is 5.43. The molecule has 1 saturated heterocycles. The van der Waals surface area contributed by atoms with Crippen LogP contribution in [0.2, 0.25) is 0 Å². The number of amides is 2. The van der Waals surface area contributed by atoms with Crippen molar-refractivity contribution >= 4 is 11.7 Å². The van der Waals surface area contributed by atoms with Gasteiger partial charge in [-0.25, -0.2) is 9.18 Å². The van der Waals surface area contributed by atoms with Crippen LogP contribution in [0.4, 0.5) is 14.9 Å². The van der Waals surface area contributed by atoms with Gasteiger partial charge in [0, 0.05) is 31.2 Å². The van der Waals surface area contributed by atoms with E-state index >= 15 is 0 Å². The van der Waals surface area contributed by atoms with Crippen molar-refractivity contribution in [2.24, 2.45) is 0 Å². The molecule has 0 bridgehead atoms. The maximum Gasteiger partial charge on any atom is 0.321 e. The van der Waals surface area contributed by atoms with Crippen LogP contribution in [0.5, 0.6) is 0 Å². The molecular weight excluding hydrogens is 285 g/mol. The Balaban J connectivity index is 1.75. The number of halogens is 1. The van der Waals surface area contributed by atoms with E-state index < -0.39 is 6.10 Å². The minimum absolute atomic E-state index is 0.274. The number of carbonyl (C=O) groups is 1. The van der Waals surface area contributed by atoms with E-state index in [-0.39, 0.29) is 11.8 Å². The number of aliphatic hydroxyl groups is 1. The molecule has 1 atom stereocenters. The summed E-state index contributed by atoms with van der Waals surface area (Å²) >= 11 is 0. The van der Waals surface area contributed by atoms with Gasteiger partial charge in [0.15, 0.2) is 0 Å². The van der Waals surface area contributed by atoms with E-state index in [1.165, 1.54) is 12.1 Å². The fraction of sp³-hybridized carbons (Fsp3) is 0.312. The summed E-state index contributed by atoms with van der Waals surface area (Å²) in [4.78, 5) is 13.8. The number of nitrogens with one attached hydrogen (secondary N) is 1. The van der Waals surface area contributed by atoms with Crippen LogP contribution >= 0.6 is 0 Å². The van der Waals surface area contributed by atoms with Gasteiger partial charge >= 0.3 is 6.03 Å². The molecule has 1 aliphatic heterocycles. The lowest BCUT2D eigenvalue weighted by atomic mass is 10.1. The van der Waals surface area contributed by atoms with Crippen LogP contribution in [0.3, 0.4) is 0 Å². The largest absolute Gasteiger partial charge is 0.391 e. The van der Waals surface area contributed by atoms with E-state index in [2.05, 4.69) is 5.32 Å². The molecule has 2 N–H and O–H groups in total.